The Morgan fingerprint density at radius 2 is 2.07 bits per heavy atom. The van der Waals surface area contributed by atoms with Gasteiger partial charge in [-0.15, -0.1) is 0 Å². The lowest BCUT2D eigenvalue weighted by molar-refractivity contribution is -0.121. The molecule has 0 aliphatic heterocycles. The fourth-order valence-electron chi connectivity index (χ4n) is 1.92. The molecule has 0 radical (unpaired) electrons. The molecule has 1 N–H and O–H groups in total. The minimum atomic E-state index is -3.02. The van der Waals surface area contributed by atoms with E-state index in [0.29, 0.717) is 5.92 Å². The van der Waals surface area contributed by atoms with E-state index >= 15 is 0 Å². The van der Waals surface area contributed by atoms with E-state index in [4.69, 9.17) is 0 Å². The van der Waals surface area contributed by atoms with Crippen molar-refractivity contribution in [3.63, 3.8) is 0 Å². The van der Waals surface area contributed by atoms with E-state index in [1.165, 1.54) is 0 Å². The Labute approximate surface area is 91.4 Å². The highest BCUT2D eigenvalue weighted by atomic mass is 32.2. The summed E-state index contributed by atoms with van der Waals surface area (Å²) >= 11 is 0. The largest absolute Gasteiger partial charge is 0.353 e. The van der Waals surface area contributed by atoms with Crippen molar-refractivity contribution in [2.24, 2.45) is 5.92 Å². The van der Waals surface area contributed by atoms with Gasteiger partial charge in [0.15, 0.2) is 0 Å². The van der Waals surface area contributed by atoms with Crippen LogP contribution in [-0.2, 0) is 14.6 Å². The molecule has 0 saturated heterocycles. The zero-order chi connectivity index (χ0) is 11.5. The molecule has 88 valence electrons. The van der Waals surface area contributed by atoms with Crippen LogP contribution >= 0.6 is 0 Å². The molecule has 4 nitrogen and oxygen atoms in total. The first-order valence-corrected chi connectivity index (χ1v) is 7.40. The van der Waals surface area contributed by atoms with Crippen molar-refractivity contribution < 1.29 is 13.2 Å². The van der Waals surface area contributed by atoms with Crippen molar-refractivity contribution in [2.75, 3.05) is 12.0 Å². The van der Waals surface area contributed by atoms with Crippen LogP contribution in [0.15, 0.2) is 0 Å². The van der Waals surface area contributed by atoms with Crippen molar-refractivity contribution in [3.8, 4) is 0 Å². The van der Waals surface area contributed by atoms with Gasteiger partial charge in [0, 0.05) is 18.7 Å². The Morgan fingerprint density at radius 1 is 1.40 bits per heavy atom. The molecule has 1 aliphatic carbocycles. The van der Waals surface area contributed by atoms with Crippen molar-refractivity contribution in [3.05, 3.63) is 0 Å². The highest BCUT2D eigenvalue weighted by Crippen LogP contribution is 2.24. The molecule has 5 heteroatoms. The molecule has 0 heterocycles. The minimum Gasteiger partial charge on any atom is -0.353 e. The number of nitrogens with one attached hydrogen (secondary N) is 1. The molecule has 2 atom stereocenters. The number of amides is 1. The van der Waals surface area contributed by atoms with Crippen LogP contribution in [-0.4, -0.2) is 32.4 Å². The minimum absolute atomic E-state index is 0.0545. The lowest BCUT2D eigenvalue weighted by Gasteiger charge is -2.11. The Kier molecular flexibility index (Phi) is 4.13. The Bertz CT molecular complexity index is 324. The van der Waals surface area contributed by atoms with Gasteiger partial charge in [0.2, 0.25) is 5.91 Å². The van der Waals surface area contributed by atoms with Crippen molar-refractivity contribution in [1.29, 1.82) is 0 Å². The molecular formula is C10H19NO3S. The molecule has 1 aliphatic rings. The summed E-state index contributed by atoms with van der Waals surface area (Å²) in [5.41, 5.74) is 0. The van der Waals surface area contributed by atoms with Crippen LogP contribution in [0.4, 0.5) is 0 Å². The SMILES string of the molecule is CC1CCC(NC(=O)CCS(C)(=O)=O)C1. The first kappa shape index (κ1) is 12.5. The Morgan fingerprint density at radius 3 is 2.53 bits per heavy atom. The number of carbonyl (C=O) groups excluding carboxylic acids is 1. The molecule has 0 spiro atoms. The fourth-order valence-corrected chi connectivity index (χ4v) is 2.47. The first-order chi connectivity index (χ1) is 6.87. The number of sulfone groups is 1. The molecule has 0 aromatic carbocycles. The quantitative estimate of drug-likeness (QED) is 0.778. The predicted molar refractivity (Wildman–Crippen MR) is 59.3 cm³/mol. The third-order valence-electron chi connectivity index (χ3n) is 2.76. The van der Waals surface area contributed by atoms with E-state index in [1.807, 2.05) is 0 Å². The number of hydrogen-bond acceptors (Lipinski definition) is 3. The summed E-state index contributed by atoms with van der Waals surface area (Å²) in [4.78, 5) is 11.4. The van der Waals surface area contributed by atoms with E-state index < -0.39 is 9.84 Å². The average molecular weight is 233 g/mol. The van der Waals surface area contributed by atoms with Crippen LogP contribution in [0.3, 0.4) is 0 Å². The first-order valence-electron chi connectivity index (χ1n) is 5.34. The highest BCUT2D eigenvalue weighted by molar-refractivity contribution is 7.90. The lowest BCUT2D eigenvalue weighted by atomic mass is 10.1. The van der Waals surface area contributed by atoms with Gasteiger partial charge in [-0.25, -0.2) is 8.42 Å². The standard InChI is InChI=1S/C10H19NO3S/c1-8-3-4-9(7-8)11-10(12)5-6-15(2,13)14/h8-9H,3-7H2,1-2H3,(H,11,12). The molecule has 1 fully saturated rings. The van der Waals surface area contributed by atoms with Gasteiger partial charge in [0.05, 0.1) is 5.75 Å². The van der Waals surface area contributed by atoms with Crippen molar-refractivity contribution in [1.82, 2.24) is 5.32 Å². The second-order valence-corrected chi connectivity index (χ2v) is 6.82. The van der Waals surface area contributed by atoms with Gasteiger partial charge in [0.25, 0.3) is 0 Å². The van der Waals surface area contributed by atoms with E-state index in [-0.39, 0.29) is 24.1 Å². The smallest absolute Gasteiger partial charge is 0.221 e. The van der Waals surface area contributed by atoms with Gasteiger partial charge in [-0.2, -0.15) is 0 Å². The molecule has 2 unspecified atom stereocenters. The lowest BCUT2D eigenvalue weighted by Crippen LogP contribution is -2.33. The van der Waals surface area contributed by atoms with Gasteiger partial charge in [-0.3, -0.25) is 4.79 Å². The third-order valence-corrected chi connectivity index (χ3v) is 3.71. The van der Waals surface area contributed by atoms with Gasteiger partial charge >= 0.3 is 0 Å². The van der Waals surface area contributed by atoms with Crippen molar-refractivity contribution in [2.45, 2.75) is 38.6 Å². The molecule has 0 bridgehead atoms. The Hall–Kier alpha value is -0.580. The number of hydrogen-bond donors (Lipinski definition) is 1. The van der Waals surface area contributed by atoms with E-state index in [0.717, 1.165) is 25.5 Å². The van der Waals surface area contributed by atoms with E-state index in [2.05, 4.69) is 12.2 Å². The second kappa shape index (κ2) is 4.96. The maximum Gasteiger partial charge on any atom is 0.221 e. The van der Waals surface area contributed by atoms with Gasteiger partial charge in [0.1, 0.15) is 9.84 Å². The van der Waals surface area contributed by atoms with Gasteiger partial charge in [-0.1, -0.05) is 6.92 Å². The van der Waals surface area contributed by atoms with E-state index in [1.54, 1.807) is 0 Å². The zero-order valence-corrected chi connectivity index (χ0v) is 10.1. The second-order valence-electron chi connectivity index (χ2n) is 4.56. The van der Waals surface area contributed by atoms with Crippen LogP contribution in [0.1, 0.15) is 32.6 Å². The monoisotopic (exact) mass is 233 g/mol. The molecule has 0 aromatic rings. The summed E-state index contributed by atoms with van der Waals surface area (Å²) in [6.45, 7) is 2.17. The van der Waals surface area contributed by atoms with Crippen LogP contribution in [0.5, 0.6) is 0 Å². The number of carbonyl (C=O) groups is 1. The average Bonchev–Trinajstić information content (AvgIpc) is 2.47. The molecule has 15 heavy (non-hydrogen) atoms. The van der Waals surface area contributed by atoms with Gasteiger partial charge in [-0.05, 0) is 25.2 Å². The predicted octanol–water partition coefficient (Wildman–Crippen LogP) is 0.726. The molecule has 1 saturated carbocycles. The van der Waals surface area contributed by atoms with Crippen LogP contribution in [0.2, 0.25) is 0 Å². The fraction of sp³-hybridized carbons (Fsp3) is 0.900. The molecular weight excluding hydrogens is 214 g/mol. The van der Waals surface area contributed by atoms with Crippen LogP contribution in [0, 0.1) is 5.92 Å². The maximum absolute atomic E-state index is 11.4. The topological polar surface area (TPSA) is 63.2 Å². The van der Waals surface area contributed by atoms with Gasteiger partial charge < -0.3 is 5.32 Å². The normalized spacial score (nSPS) is 26.5. The third kappa shape index (κ3) is 5.16. The maximum atomic E-state index is 11.4. The summed E-state index contributed by atoms with van der Waals surface area (Å²) in [7, 11) is -3.02. The molecule has 0 aromatic heterocycles. The summed E-state index contributed by atoms with van der Waals surface area (Å²) in [5, 5.41) is 2.88. The van der Waals surface area contributed by atoms with Crippen LogP contribution in [0.25, 0.3) is 0 Å². The van der Waals surface area contributed by atoms with Crippen LogP contribution < -0.4 is 5.32 Å². The highest BCUT2D eigenvalue weighted by Gasteiger charge is 2.22. The summed E-state index contributed by atoms with van der Waals surface area (Å²) in [6.07, 6.45) is 4.43. The summed E-state index contributed by atoms with van der Waals surface area (Å²) < 4.78 is 21.7. The summed E-state index contributed by atoms with van der Waals surface area (Å²) in [6, 6.07) is 0.257. The van der Waals surface area contributed by atoms with E-state index in [9.17, 15) is 13.2 Å². The Balaban J connectivity index is 2.25. The number of rotatable bonds is 4. The van der Waals surface area contributed by atoms with Crippen molar-refractivity contribution >= 4 is 15.7 Å². The zero-order valence-electron chi connectivity index (χ0n) is 9.32. The molecule has 1 rings (SSSR count). The molecule has 1 amide bonds. The summed E-state index contributed by atoms with van der Waals surface area (Å²) in [5.74, 6) is 0.478.